The number of hydrogen-bond acceptors (Lipinski definition) is 3. The minimum atomic E-state index is -0.0416. The van der Waals surface area contributed by atoms with Crippen molar-refractivity contribution in [2.24, 2.45) is 13.0 Å². The molecule has 0 bridgehead atoms. The van der Waals surface area contributed by atoms with E-state index in [9.17, 15) is 4.79 Å². The lowest BCUT2D eigenvalue weighted by Gasteiger charge is -2.30. The van der Waals surface area contributed by atoms with Crippen LogP contribution in [0.1, 0.15) is 30.3 Å². The molecule has 0 spiro atoms. The van der Waals surface area contributed by atoms with Crippen LogP contribution in [-0.2, 0) is 7.05 Å². The molecule has 5 nitrogen and oxygen atoms in total. The van der Waals surface area contributed by atoms with Crippen LogP contribution in [0, 0.1) is 5.92 Å². The van der Waals surface area contributed by atoms with E-state index >= 15 is 0 Å². The molecule has 0 aromatic carbocycles. The van der Waals surface area contributed by atoms with E-state index in [1.807, 2.05) is 0 Å². The first-order valence-electron chi connectivity index (χ1n) is 6.65. The van der Waals surface area contributed by atoms with Gasteiger partial charge in [0.05, 0.1) is 0 Å². The first kappa shape index (κ1) is 13.1. The van der Waals surface area contributed by atoms with Gasteiger partial charge < -0.3 is 10.2 Å². The standard InChI is InChI=1S/C13H22N4O/c1-11-4-3-8-17(10-11)9-7-14-13(18)12-5-6-15-16(12)2/h5-6,11H,3-4,7-10H2,1-2H3,(H,14,18)/t11-/m1/s1. The van der Waals surface area contributed by atoms with Crippen LogP contribution in [0.5, 0.6) is 0 Å². The fraction of sp³-hybridized carbons (Fsp3) is 0.692. The topological polar surface area (TPSA) is 50.2 Å². The Labute approximate surface area is 108 Å². The number of piperidine rings is 1. The SMILES string of the molecule is C[C@@H]1CCCN(CCNC(=O)c2ccnn2C)C1. The summed E-state index contributed by atoms with van der Waals surface area (Å²) in [5, 5.41) is 6.94. The van der Waals surface area contributed by atoms with Crippen molar-refractivity contribution in [1.82, 2.24) is 20.0 Å². The van der Waals surface area contributed by atoms with Crippen molar-refractivity contribution in [3.05, 3.63) is 18.0 Å². The van der Waals surface area contributed by atoms with E-state index in [0.29, 0.717) is 12.2 Å². The predicted molar refractivity (Wildman–Crippen MR) is 70.4 cm³/mol. The lowest BCUT2D eigenvalue weighted by Crippen LogP contribution is -2.40. The molecule has 1 aromatic heterocycles. The molecule has 1 saturated heterocycles. The lowest BCUT2D eigenvalue weighted by molar-refractivity contribution is 0.0934. The zero-order chi connectivity index (χ0) is 13.0. The number of rotatable bonds is 4. The Morgan fingerprint density at radius 2 is 2.44 bits per heavy atom. The van der Waals surface area contributed by atoms with E-state index in [0.717, 1.165) is 25.6 Å². The van der Waals surface area contributed by atoms with Crippen LogP contribution in [-0.4, -0.2) is 46.8 Å². The van der Waals surface area contributed by atoms with Gasteiger partial charge in [0.2, 0.25) is 0 Å². The molecule has 1 fully saturated rings. The maximum absolute atomic E-state index is 11.8. The monoisotopic (exact) mass is 250 g/mol. The van der Waals surface area contributed by atoms with Crippen LogP contribution in [0.15, 0.2) is 12.3 Å². The highest BCUT2D eigenvalue weighted by Crippen LogP contribution is 2.14. The van der Waals surface area contributed by atoms with Crippen molar-refractivity contribution < 1.29 is 4.79 Å². The summed E-state index contributed by atoms with van der Waals surface area (Å²) in [5.74, 6) is 0.742. The molecule has 0 unspecified atom stereocenters. The van der Waals surface area contributed by atoms with E-state index in [2.05, 4.69) is 22.2 Å². The molecule has 0 aliphatic carbocycles. The smallest absolute Gasteiger partial charge is 0.269 e. The Hall–Kier alpha value is -1.36. The zero-order valence-corrected chi connectivity index (χ0v) is 11.2. The van der Waals surface area contributed by atoms with E-state index in [1.165, 1.54) is 12.8 Å². The highest BCUT2D eigenvalue weighted by Gasteiger charge is 2.16. The minimum Gasteiger partial charge on any atom is -0.349 e. The van der Waals surface area contributed by atoms with Crippen LogP contribution in [0.4, 0.5) is 0 Å². The zero-order valence-electron chi connectivity index (χ0n) is 11.2. The molecule has 1 N–H and O–H groups in total. The number of aryl methyl sites for hydroxylation is 1. The lowest BCUT2D eigenvalue weighted by atomic mass is 10.0. The van der Waals surface area contributed by atoms with Gasteiger partial charge in [-0.2, -0.15) is 5.10 Å². The predicted octanol–water partition coefficient (Wildman–Crippen LogP) is 0.882. The van der Waals surface area contributed by atoms with E-state index in [-0.39, 0.29) is 5.91 Å². The van der Waals surface area contributed by atoms with Gasteiger partial charge in [0, 0.05) is 32.9 Å². The quantitative estimate of drug-likeness (QED) is 0.863. The van der Waals surface area contributed by atoms with Gasteiger partial charge in [0.15, 0.2) is 0 Å². The van der Waals surface area contributed by atoms with Crippen molar-refractivity contribution in [2.45, 2.75) is 19.8 Å². The summed E-state index contributed by atoms with van der Waals surface area (Å²) in [7, 11) is 1.78. The number of hydrogen-bond donors (Lipinski definition) is 1. The first-order valence-corrected chi connectivity index (χ1v) is 6.65. The van der Waals surface area contributed by atoms with Crippen molar-refractivity contribution in [3.8, 4) is 0 Å². The van der Waals surface area contributed by atoms with E-state index < -0.39 is 0 Å². The molecule has 100 valence electrons. The van der Waals surface area contributed by atoms with Gasteiger partial charge in [0.25, 0.3) is 5.91 Å². The second kappa shape index (κ2) is 6.00. The highest BCUT2D eigenvalue weighted by molar-refractivity contribution is 5.92. The minimum absolute atomic E-state index is 0.0416. The van der Waals surface area contributed by atoms with Crippen molar-refractivity contribution in [1.29, 1.82) is 0 Å². The average Bonchev–Trinajstić information content (AvgIpc) is 2.75. The molecular formula is C13H22N4O. The fourth-order valence-electron chi connectivity index (χ4n) is 2.50. The second-order valence-corrected chi connectivity index (χ2v) is 5.14. The summed E-state index contributed by atoms with van der Waals surface area (Å²) < 4.78 is 1.60. The van der Waals surface area contributed by atoms with Gasteiger partial charge in [-0.1, -0.05) is 6.92 Å². The van der Waals surface area contributed by atoms with Gasteiger partial charge in [-0.05, 0) is 31.4 Å². The summed E-state index contributed by atoms with van der Waals surface area (Å²) in [4.78, 5) is 14.3. The molecule has 18 heavy (non-hydrogen) atoms. The number of likely N-dealkylation sites (tertiary alicyclic amines) is 1. The maximum atomic E-state index is 11.8. The third kappa shape index (κ3) is 3.32. The van der Waals surface area contributed by atoms with Crippen molar-refractivity contribution in [2.75, 3.05) is 26.2 Å². The van der Waals surface area contributed by atoms with Gasteiger partial charge >= 0.3 is 0 Å². The molecule has 1 atom stereocenters. The molecular weight excluding hydrogens is 228 g/mol. The molecule has 1 aliphatic rings. The van der Waals surface area contributed by atoms with E-state index in [1.54, 1.807) is 24.0 Å². The second-order valence-electron chi connectivity index (χ2n) is 5.14. The highest BCUT2D eigenvalue weighted by atomic mass is 16.2. The Morgan fingerprint density at radius 1 is 1.61 bits per heavy atom. The summed E-state index contributed by atoms with van der Waals surface area (Å²) >= 11 is 0. The van der Waals surface area contributed by atoms with Crippen molar-refractivity contribution >= 4 is 5.91 Å². The Bertz CT molecular complexity index is 401. The third-order valence-corrected chi connectivity index (χ3v) is 3.51. The van der Waals surface area contributed by atoms with Gasteiger partial charge in [-0.25, -0.2) is 0 Å². The molecule has 0 saturated carbocycles. The normalized spacial score (nSPS) is 20.9. The molecule has 2 heterocycles. The van der Waals surface area contributed by atoms with Gasteiger partial charge in [-0.15, -0.1) is 0 Å². The van der Waals surface area contributed by atoms with Crippen molar-refractivity contribution in [3.63, 3.8) is 0 Å². The van der Waals surface area contributed by atoms with Crippen LogP contribution in [0.2, 0.25) is 0 Å². The molecule has 1 amide bonds. The maximum Gasteiger partial charge on any atom is 0.269 e. The fourth-order valence-corrected chi connectivity index (χ4v) is 2.50. The number of carbonyl (C=O) groups excluding carboxylic acids is 1. The average molecular weight is 250 g/mol. The Morgan fingerprint density at radius 3 is 3.11 bits per heavy atom. The molecule has 5 heteroatoms. The Balaban J connectivity index is 1.72. The first-order chi connectivity index (χ1) is 8.66. The van der Waals surface area contributed by atoms with Gasteiger partial charge in [0.1, 0.15) is 5.69 Å². The molecule has 1 aromatic rings. The summed E-state index contributed by atoms with van der Waals surface area (Å²) in [6.07, 6.45) is 4.25. The number of nitrogens with one attached hydrogen (secondary N) is 1. The van der Waals surface area contributed by atoms with Crippen LogP contribution in [0.3, 0.4) is 0 Å². The van der Waals surface area contributed by atoms with Gasteiger partial charge in [-0.3, -0.25) is 9.48 Å². The number of nitrogens with zero attached hydrogens (tertiary/aromatic N) is 3. The third-order valence-electron chi connectivity index (χ3n) is 3.51. The number of amides is 1. The molecule has 2 rings (SSSR count). The molecule has 0 radical (unpaired) electrons. The number of aromatic nitrogens is 2. The summed E-state index contributed by atoms with van der Waals surface area (Å²) in [6, 6.07) is 1.73. The van der Waals surface area contributed by atoms with E-state index in [4.69, 9.17) is 0 Å². The Kier molecular flexibility index (Phi) is 4.36. The summed E-state index contributed by atoms with van der Waals surface area (Å²) in [6.45, 7) is 6.25. The van der Waals surface area contributed by atoms with Crippen LogP contribution < -0.4 is 5.32 Å². The largest absolute Gasteiger partial charge is 0.349 e. The molecule has 1 aliphatic heterocycles. The van der Waals surface area contributed by atoms with Crippen LogP contribution in [0.25, 0.3) is 0 Å². The van der Waals surface area contributed by atoms with Crippen LogP contribution >= 0.6 is 0 Å². The summed E-state index contributed by atoms with van der Waals surface area (Å²) in [5.41, 5.74) is 0.613. The number of carbonyl (C=O) groups is 1.